The summed E-state index contributed by atoms with van der Waals surface area (Å²) in [5.41, 5.74) is 4.23. The Balaban J connectivity index is 1.32. The van der Waals surface area contributed by atoms with E-state index < -0.39 is 0 Å². The molecule has 1 fully saturated rings. The van der Waals surface area contributed by atoms with Gasteiger partial charge in [0.15, 0.2) is 5.76 Å². The topological polar surface area (TPSA) is 80.5 Å². The van der Waals surface area contributed by atoms with Crippen LogP contribution in [0.4, 0.5) is 10.5 Å². The van der Waals surface area contributed by atoms with Crippen LogP contribution in [0, 0.1) is 12.8 Å². The molecule has 1 aromatic carbocycles. The predicted molar refractivity (Wildman–Crippen MR) is 123 cm³/mol. The van der Waals surface area contributed by atoms with Gasteiger partial charge >= 0.3 is 6.03 Å². The van der Waals surface area contributed by atoms with Crippen molar-refractivity contribution in [3.05, 3.63) is 77.4 Å². The van der Waals surface area contributed by atoms with Gasteiger partial charge in [-0.25, -0.2) is 4.79 Å². The predicted octanol–water partition coefficient (Wildman–Crippen LogP) is 4.96. The van der Waals surface area contributed by atoms with Crippen molar-refractivity contribution in [3.8, 4) is 5.75 Å². The third-order valence-electron chi connectivity index (χ3n) is 5.67. The molecule has 4 rings (SSSR count). The summed E-state index contributed by atoms with van der Waals surface area (Å²) in [6, 6.07) is 12.0. The number of carbonyl (C=O) groups excluding carboxylic acids is 1. The molecule has 1 aliphatic heterocycles. The summed E-state index contributed by atoms with van der Waals surface area (Å²) < 4.78 is 11.0. The van der Waals surface area contributed by atoms with E-state index in [1.54, 1.807) is 13.1 Å². The largest absolute Gasteiger partial charge is 0.493 e. The number of piperidine rings is 1. The molecule has 2 aromatic heterocycles. The van der Waals surface area contributed by atoms with E-state index in [1.165, 1.54) is 11.8 Å². The van der Waals surface area contributed by atoms with E-state index in [0.717, 1.165) is 29.7 Å². The highest BCUT2D eigenvalue weighted by atomic mass is 16.5. The van der Waals surface area contributed by atoms with E-state index in [0.29, 0.717) is 31.1 Å². The molecule has 2 amide bonds. The van der Waals surface area contributed by atoms with Gasteiger partial charge < -0.3 is 19.5 Å². The van der Waals surface area contributed by atoms with Crippen molar-refractivity contribution >= 4 is 17.8 Å². The summed E-state index contributed by atoms with van der Waals surface area (Å²) in [5, 5.41) is 6.58. The van der Waals surface area contributed by atoms with E-state index in [2.05, 4.69) is 46.7 Å². The lowest BCUT2D eigenvalue weighted by Crippen LogP contribution is -2.42. The molecule has 166 valence electrons. The minimum atomic E-state index is -0.119. The number of rotatable bonds is 6. The first kappa shape index (κ1) is 21.6. The number of hydrogen-bond acceptors (Lipinski definition) is 5. The number of benzene rings is 1. The van der Waals surface area contributed by atoms with E-state index in [-0.39, 0.29) is 11.9 Å². The van der Waals surface area contributed by atoms with Crippen LogP contribution in [0.2, 0.25) is 0 Å². The number of aromatic nitrogens is 2. The second-order valence-corrected chi connectivity index (χ2v) is 8.07. The standard InChI is InChI=1S/C25H28N4O3/c1-18-17-29(25(30)28-24-16-27-32-19(24)2)11-8-22(18)13-21-5-3-7-23(14-21)31-12-9-20-6-4-10-26-15-20/h3-7,10,13-16,18H,8-9,11-12,17H2,1-2H3,(H,28,30)/b22-13+. The lowest BCUT2D eigenvalue weighted by Gasteiger charge is -2.33. The number of urea groups is 1. The Bertz CT molecular complexity index is 1080. The summed E-state index contributed by atoms with van der Waals surface area (Å²) in [6.45, 7) is 5.89. The number of pyridine rings is 1. The molecule has 32 heavy (non-hydrogen) atoms. The Morgan fingerprint density at radius 3 is 2.97 bits per heavy atom. The van der Waals surface area contributed by atoms with Crippen LogP contribution >= 0.6 is 0 Å². The molecule has 1 atom stereocenters. The Morgan fingerprint density at radius 1 is 1.31 bits per heavy atom. The second-order valence-electron chi connectivity index (χ2n) is 8.07. The highest BCUT2D eigenvalue weighted by Gasteiger charge is 2.25. The van der Waals surface area contributed by atoms with Crippen LogP contribution in [0.3, 0.4) is 0 Å². The third kappa shape index (κ3) is 5.55. The zero-order valence-corrected chi connectivity index (χ0v) is 18.5. The first-order valence-corrected chi connectivity index (χ1v) is 10.9. The van der Waals surface area contributed by atoms with Crippen molar-refractivity contribution in [2.75, 3.05) is 25.0 Å². The molecule has 1 saturated heterocycles. The van der Waals surface area contributed by atoms with E-state index in [9.17, 15) is 4.79 Å². The summed E-state index contributed by atoms with van der Waals surface area (Å²) >= 11 is 0. The van der Waals surface area contributed by atoms with Crippen molar-refractivity contribution in [1.29, 1.82) is 0 Å². The van der Waals surface area contributed by atoms with Crippen LogP contribution in [-0.2, 0) is 6.42 Å². The zero-order chi connectivity index (χ0) is 22.3. The van der Waals surface area contributed by atoms with Gasteiger partial charge in [0, 0.05) is 31.9 Å². The number of anilines is 1. The normalized spacial score (nSPS) is 17.4. The number of aryl methyl sites for hydroxylation is 1. The molecular formula is C25H28N4O3. The Kier molecular flexibility index (Phi) is 6.84. The summed E-state index contributed by atoms with van der Waals surface area (Å²) in [4.78, 5) is 18.6. The number of carbonyl (C=O) groups is 1. The van der Waals surface area contributed by atoms with Gasteiger partial charge in [-0.2, -0.15) is 0 Å². The number of hydrogen-bond donors (Lipinski definition) is 1. The zero-order valence-electron chi connectivity index (χ0n) is 18.5. The molecule has 0 radical (unpaired) electrons. The number of nitrogens with zero attached hydrogens (tertiary/aromatic N) is 3. The van der Waals surface area contributed by atoms with Gasteiger partial charge in [-0.15, -0.1) is 0 Å². The molecule has 0 spiro atoms. The smallest absolute Gasteiger partial charge is 0.322 e. The molecular weight excluding hydrogens is 404 g/mol. The van der Waals surface area contributed by atoms with E-state index >= 15 is 0 Å². The molecule has 1 unspecified atom stereocenters. The minimum Gasteiger partial charge on any atom is -0.493 e. The average Bonchev–Trinajstić information content (AvgIpc) is 3.20. The molecule has 0 saturated carbocycles. The summed E-state index contributed by atoms with van der Waals surface area (Å²) in [5.74, 6) is 1.73. The summed E-state index contributed by atoms with van der Waals surface area (Å²) in [7, 11) is 0. The average molecular weight is 433 g/mol. The molecule has 3 aromatic rings. The van der Waals surface area contributed by atoms with E-state index in [4.69, 9.17) is 9.26 Å². The Hall–Kier alpha value is -3.61. The van der Waals surface area contributed by atoms with Crippen molar-refractivity contribution in [3.63, 3.8) is 0 Å². The maximum absolute atomic E-state index is 12.6. The fourth-order valence-corrected chi connectivity index (χ4v) is 3.80. The van der Waals surface area contributed by atoms with Crippen molar-refractivity contribution < 1.29 is 14.1 Å². The highest BCUT2D eigenvalue weighted by Crippen LogP contribution is 2.27. The quantitative estimate of drug-likeness (QED) is 0.596. The van der Waals surface area contributed by atoms with Crippen molar-refractivity contribution in [2.45, 2.75) is 26.7 Å². The lowest BCUT2D eigenvalue weighted by atomic mass is 9.91. The Labute approximate surface area is 188 Å². The van der Waals surface area contributed by atoms with Crippen LogP contribution < -0.4 is 10.1 Å². The van der Waals surface area contributed by atoms with Gasteiger partial charge in [0.2, 0.25) is 0 Å². The van der Waals surface area contributed by atoms with Crippen LogP contribution in [-0.4, -0.2) is 40.8 Å². The monoisotopic (exact) mass is 432 g/mol. The van der Waals surface area contributed by atoms with Gasteiger partial charge in [-0.05, 0) is 48.6 Å². The molecule has 3 heterocycles. The van der Waals surface area contributed by atoms with Crippen LogP contribution in [0.5, 0.6) is 5.75 Å². The second kappa shape index (κ2) is 10.1. The fourth-order valence-electron chi connectivity index (χ4n) is 3.80. The Morgan fingerprint density at radius 2 is 2.22 bits per heavy atom. The number of nitrogens with one attached hydrogen (secondary N) is 1. The molecule has 1 aliphatic rings. The number of ether oxygens (including phenoxy) is 1. The molecule has 7 nitrogen and oxygen atoms in total. The lowest BCUT2D eigenvalue weighted by molar-refractivity contribution is 0.197. The van der Waals surface area contributed by atoms with Gasteiger partial charge in [0.25, 0.3) is 0 Å². The third-order valence-corrected chi connectivity index (χ3v) is 5.67. The van der Waals surface area contributed by atoms with Gasteiger partial charge in [0.1, 0.15) is 11.4 Å². The number of amides is 2. The van der Waals surface area contributed by atoms with Gasteiger partial charge in [-0.1, -0.05) is 41.9 Å². The van der Waals surface area contributed by atoms with Crippen molar-refractivity contribution in [2.24, 2.45) is 5.92 Å². The van der Waals surface area contributed by atoms with Gasteiger partial charge in [0.05, 0.1) is 12.8 Å². The maximum atomic E-state index is 12.6. The van der Waals surface area contributed by atoms with Crippen LogP contribution in [0.15, 0.2) is 65.1 Å². The first-order valence-electron chi connectivity index (χ1n) is 10.9. The van der Waals surface area contributed by atoms with Crippen molar-refractivity contribution in [1.82, 2.24) is 15.0 Å². The molecule has 0 bridgehead atoms. The first-order chi connectivity index (χ1) is 15.6. The maximum Gasteiger partial charge on any atom is 0.322 e. The fraction of sp³-hybridized carbons (Fsp3) is 0.320. The van der Waals surface area contributed by atoms with E-state index in [1.807, 2.05) is 29.3 Å². The summed E-state index contributed by atoms with van der Waals surface area (Å²) in [6.07, 6.45) is 9.05. The minimum absolute atomic E-state index is 0.119. The highest BCUT2D eigenvalue weighted by molar-refractivity contribution is 5.89. The van der Waals surface area contributed by atoms with Crippen LogP contribution in [0.25, 0.3) is 6.08 Å². The SMILES string of the molecule is Cc1oncc1NC(=O)N1CC/C(=C\c2cccc(OCCc3cccnc3)c2)C(C)C1. The van der Waals surface area contributed by atoms with Crippen LogP contribution in [0.1, 0.15) is 30.2 Å². The molecule has 7 heteroatoms. The molecule has 1 N–H and O–H groups in total. The molecule has 0 aliphatic carbocycles. The van der Waals surface area contributed by atoms with Gasteiger partial charge in [-0.3, -0.25) is 4.98 Å². The number of likely N-dealkylation sites (tertiary alicyclic amines) is 1.